The van der Waals surface area contributed by atoms with Gasteiger partial charge in [-0.3, -0.25) is 4.79 Å². The number of ether oxygens (including phenoxy) is 1. The number of esters is 1. The Morgan fingerprint density at radius 1 is 1.50 bits per heavy atom. The normalized spacial score (nSPS) is 10.1. The number of nitrogens with two attached hydrogens (primary N) is 1. The summed E-state index contributed by atoms with van der Waals surface area (Å²) in [5.41, 5.74) is 4.53. The van der Waals surface area contributed by atoms with Gasteiger partial charge >= 0.3 is 5.97 Å². The molecule has 0 radical (unpaired) electrons. The van der Waals surface area contributed by atoms with Gasteiger partial charge in [-0.2, -0.15) is 0 Å². The number of carbonyl (C=O) groups is 2. The second kappa shape index (κ2) is 9.47. The largest absolute Gasteiger partial charge is 0.433 e. The highest BCUT2D eigenvalue weighted by atomic mass is 16.6. The van der Waals surface area contributed by atoms with Gasteiger partial charge in [0.1, 0.15) is 0 Å². The van der Waals surface area contributed by atoms with Crippen LogP contribution in [0.25, 0.3) is 0 Å². The zero-order valence-corrected chi connectivity index (χ0v) is 8.10. The van der Waals surface area contributed by atoms with Crippen LogP contribution in [0, 0.1) is 0 Å². The number of aliphatic hydroxyl groups is 1. The van der Waals surface area contributed by atoms with E-state index in [0.717, 1.165) is 12.2 Å². The first kappa shape index (κ1) is 14.9. The Bertz CT molecular complexity index is 213. The number of carbonyl (C=O) groups excluding carboxylic acids is 2. The van der Waals surface area contributed by atoms with Crippen LogP contribution in [0.1, 0.15) is 13.3 Å². The predicted molar refractivity (Wildman–Crippen MR) is 52.0 cm³/mol. The first-order valence-electron chi connectivity index (χ1n) is 3.90. The average molecular weight is 201 g/mol. The maximum Gasteiger partial charge on any atom is 0.332 e. The maximum absolute atomic E-state index is 10.3. The topological polar surface area (TPSA) is 89.6 Å². The van der Waals surface area contributed by atoms with Gasteiger partial charge < -0.3 is 15.6 Å². The van der Waals surface area contributed by atoms with E-state index < -0.39 is 18.2 Å². The van der Waals surface area contributed by atoms with Crippen LogP contribution in [-0.2, 0) is 14.3 Å². The summed E-state index contributed by atoms with van der Waals surface area (Å²) in [5.74, 6) is -1.07. The van der Waals surface area contributed by atoms with Crippen molar-refractivity contribution in [2.75, 3.05) is 0 Å². The third-order valence-electron chi connectivity index (χ3n) is 0.969. The van der Waals surface area contributed by atoms with Gasteiger partial charge in [0.25, 0.3) is 0 Å². The van der Waals surface area contributed by atoms with Crippen LogP contribution < -0.4 is 5.73 Å². The van der Waals surface area contributed by atoms with Gasteiger partial charge in [0, 0.05) is 12.5 Å². The van der Waals surface area contributed by atoms with Crippen LogP contribution in [0.15, 0.2) is 25.3 Å². The maximum atomic E-state index is 10.3. The second-order valence-electron chi connectivity index (χ2n) is 2.11. The van der Waals surface area contributed by atoms with Gasteiger partial charge in [0.2, 0.25) is 12.2 Å². The number of hydrogen-bond acceptors (Lipinski definition) is 4. The van der Waals surface area contributed by atoms with Crippen LogP contribution in [-0.4, -0.2) is 23.3 Å². The van der Waals surface area contributed by atoms with Gasteiger partial charge in [-0.25, -0.2) is 4.79 Å². The number of aliphatic hydroxyl groups excluding tert-OH is 1. The average Bonchev–Trinajstić information content (AvgIpc) is 2.18. The summed E-state index contributed by atoms with van der Waals surface area (Å²) in [6, 6.07) is 0. The van der Waals surface area contributed by atoms with Gasteiger partial charge in [-0.15, -0.1) is 0 Å². The molecule has 80 valence electrons. The third-order valence-corrected chi connectivity index (χ3v) is 0.969. The molecule has 0 rings (SSSR count). The standard InChI is InChI=1S/C6H10O3.C3H5NO/c1-3-5(7)9-6(8)4-2;1-2-3(4)5/h3,6,8H,1,4H2,2H3;2H,1H2,(H2,4,5). The molecule has 0 fully saturated rings. The first-order chi connectivity index (χ1) is 6.47. The molecule has 0 bridgehead atoms. The summed E-state index contributed by atoms with van der Waals surface area (Å²) >= 11 is 0. The lowest BCUT2D eigenvalue weighted by Crippen LogP contribution is -2.14. The van der Waals surface area contributed by atoms with Crippen molar-refractivity contribution in [2.24, 2.45) is 5.73 Å². The SMILES string of the molecule is C=CC(=O)OC(O)CC.C=CC(N)=O. The highest BCUT2D eigenvalue weighted by Gasteiger charge is 2.02. The van der Waals surface area contributed by atoms with E-state index in [2.05, 4.69) is 23.6 Å². The van der Waals surface area contributed by atoms with Crippen molar-refractivity contribution < 1.29 is 19.4 Å². The number of amides is 1. The molecule has 0 aromatic heterocycles. The van der Waals surface area contributed by atoms with Crippen LogP contribution >= 0.6 is 0 Å². The molecule has 1 atom stereocenters. The molecule has 0 aromatic carbocycles. The molecule has 3 N–H and O–H groups in total. The highest BCUT2D eigenvalue weighted by molar-refractivity contribution is 5.85. The fraction of sp³-hybridized carbons (Fsp3) is 0.333. The van der Waals surface area contributed by atoms with Crippen molar-refractivity contribution in [1.29, 1.82) is 0 Å². The fourth-order valence-corrected chi connectivity index (χ4v) is 0.266. The van der Waals surface area contributed by atoms with E-state index in [0.29, 0.717) is 6.42 Å². The minimum Gasteiger partial charge on any atom is -0.433 e. The summed E-state index contributed by atoms with van der Waals surface area (Å²) in [5, 5.41) is 8.67. The van der Waals surface area contributed by atoms with Crippen molar-refractivity contribution in [3.8, 4) is 0 Å². The first-order valence-corrected chi connectivity index (χ1v) is 3.90. The lowest BCUT2D eigenvalue weighted by atomic mass is 10.5. The molecule has 5 nitrogen and oxygen atoms in total. The third kappa shape index (κ3) is 13.0. The summed E-state index contributed by atoms with van der Waals surface area (Å²) in [7, 11) is 0. The summed E-state index contributed by atoms with van der Waals surface area (Å²) in [4.78, 5) is 19.8. The van der Waals surface area contributed by atoms with Crippen LogP contribution in [0.5, 0.6) is 0 Å². The van der Waals surface area contributed by atoms with Crippen LogP contribution in [0.2, 0.25) is 0 Å². The number of rotatable bonds is 4. The molecule has 0 spiro atoms. The van der Waals surface area contributed by atoms with Gasteiger partial charge in [0.05, 0.1) is 0 Å². The predicted octanol–water partition coefficient (Wildman–Crippen LogP) is 0.102. The molecule has 0 aromatic rings. The lowest BCUT2D eigenvalue weighted by Gasteiger charge is -2.05. The Kier molecular flexibility index (Phi) is 10.1. The van der Waals surface area contributed by atoms with Gasteiger partial charge in [0.15, 0.2) is 0 Å². The molecule has 0 aliphatic heterocycles. The molecule has 1 amide bonds. The molecule has 0 aliphatic carbocycles. The Labute approximate surface area is 82.9 Å². The summed E-state index contributed by atoms with van der Waals surface area (Å²) in [6.07, 6.45) is 1.48. The molecule has 5 heteroatoms. The van der Waals surface area contributed by atoms with Crippen molar-refractivity contribution in [1.82, 2.24) is 0 Å². The lowest BCUT2D eigenvalue weighted by molar-refractivity contribution is -0.161. The molecule has 1 unspecified atom stereocenters. The quantitative estimate of drug-likeness (QED) is 0.383. The number of hydrogen-bond donors (Lipinski definition) is 2. The van der Waals surface area contributed by atoms with Crippen molar-refractivity contribution in [3.05, 3.63) is 25.3 Å². The van der Waals surface area contributed by atoms with E-state index in [-0.39, 0.29) is 0 Å². The minimum atomic E-state index is -0.990. The van der Waals surface area contributed by atoms with E-state index in [4.69, 9.17) is 5.11 Å². The molecule has 0 saturated heterocycles. The second-order valence-corrected chi connectivity index (χ2v) is 2.11. The number of primary amides is 1. The van der Waals surface area contributed by atoms with E-state index in [1.807, 2.05) is 0 Å². The molecule has 0 aliphatic rings. The summed E-state index contributed by atoms with van der Waals surface area (Å²) in [6.45, 7) is 7.96. The monoisotopic (exact) mass is 201 g/mol. The van der Waals surface area contributed by atoms with E-state index >= 15 is 0 Å². The molecule has 0 saturated carbocycles. The van der Waals surface area contributed by atoms with Crippen molar-refractivity contribution >= 4 is 11.9 Å². The fourth-order valence-electron chi connectivity index (χ4n) is 0.266. The molecule has 0 heterocycles. The van der Waals surface area contributed by atoms with Gasteiger partial charge in [-0.1, -0.05) is 20.1 Å². The smallest absolute Gasteiger partial charge is 0.332 e. The Morgan fingerprint density at radius 2 is 1.93 bits per heavy atom. The van der Waals surface area contributed by atoms with Crippen LogP contribution in [0.3, 0.4) is 0 Å². The Morgan fingerprint density at radius 3 is 2.14 bits per heavy atom. The molecule has 14 heavy (non-hydrogen) atoms. The zero-order valence-electron chi connectivity index (χ0n) is 8.10. The van der Waals surface area contributed by atoms with E-state index in [9.17, 15) is 9.59 Å². The minimum absolute atomic E-state index is 0.402. The molecular weight excluding hydrogens is 186 g/mol. The zero-order chi connectivity index (χ0) is 11.6. The van der Waals surface area contributed by atoms with Crippen molar-refractivity contribution in [3.63, 3.8) is 0 Å². The highest BCUT2D eigenvalue weighted by Crippen LogP contribution is 1.92. The van der Waals surface area contributed by atoms with E-state index in [1.165, 1.54) is 0 Å². The Hall–Kier alpha value is -1.62. The van der Waals surface area contributed by atoms with E-state index in [1.54, 1.807) is 6.92 Å². The summed E-state index contributed by atoms with van der Waals surface area (Å²) < 4.78 is 4.35. The van der Waals surface area contributed by atoms with Gasteiger partial charge in [-0.05, 0) is 6.08 Å². The van der Waals surface area contributed by atoms with Crippen LogP contribution in [0.4, 0.5) is 0 Å². The Balaban J connectivity index is 0. The van der Waals surface area contributed by atoms with Crippen molar-refractivity contribution in [2.45, 2.75) is 19.6 Å². The molecular formula is C9H15NO4.